The highest BCUT2D eigenvalue weighted by Gasteiger charge is 2.49. The molecule has 0 atom stereocenters. The van der Waals surface area contributed by atoms with E-state index < -0.39 is 28.9 Å². The van der Waals surface area contributed by atoms with E-state index in [1.807, 2.05) is 0 Å². The molecule has 0 saturated carbocycles. The zero-order valence-corrected chi connectivity index (χ0v) is 19.6. The number of ether oxygens (including phenoxy) is 1. The number of carbonyl (C=O) groups excluding carboxylic acids is 2. The number of benzene rings is 2. The minimum Gasteiger partial charge on any atom is -0.494 e. The van der Waals surface area contributed by atoms with E-state index in [0.717, 1.165) is 17.0 Å². The first-order valence-electron chi connectivity index (χ1n) is 10.4. The fourth-order valence-electron chi connectivity index (χ4n) is 3.62. The molecule has 2 aromatic rings. The van der Waals surface area contributed by atoms with Gasteiger partial charge in [0.1, 0.15) is 11.3 Å². The van der Waals surface area contributed by atoms with Crippen LogP contribution in [0.5, 0.6) is 5.75 Å². The second-order valence-corrected chi connectivity index (χ2v) is 8.59. The number of hydrogen-bond donors (Lipinski definition) is 0. The van der Waals surface area contributed by atoms with Gasteiger partial charge < -0.3 is 9.64 Å². The number of rotatable bonds is 7. The first kappa shape index (κ1) is 25.2. The lowest BCUT2D eigenvalue weighted by atomic mass is 10.0. The average Bonchev–Trinajstić information content (AvgIpc) is 2.94. The summed E-state index contributed by atoms with van der Waals surface area (Å²) in [5, 5.41) is 0.0875. The first-order valence-corrected chi connectivity index (χ1v) is 10.8. The van der Waals surface area contributed by atoms with Crippen LogP contribution >= 0.6 is 12.2 Å². The molecule has 0 spiro atoms. The molecule has 1 heterocycles. The van der Waals surface area contributed by atoms with Crippen molar-refractivity contribution < 1.29 is 27.5 Å². The van der Waals surface area contributed by atoms with Gasteiger partial charge in [0.2, 0.25) is 0 Å². The van der Waals surface area contributed by atoms with Gasteiger partial charge in [0.15, 0.2) is 16.6 Å². The molecular formula is C24H22F3N3O3S. The number of Topliss-reactive ketones (excluding diaryl/α,β-unsaturated/α-hetero) is 1. The van der Waals surface area contributed by atoms with Crippen LogP contribution in [-0.2, 0) is 11.0 Å². The van der Waals surface area contributed by atoms with E-state index in [0.29, 0.717) is 30.9 Å². The van der Waals surface area contributed by atoms with Crippen molar-refractivity contribution in [2.45, 2.75) is 38.9 Å². The number of ketones is 1. The maximum atomic E-state index is 13.4. The van der Waals surface area contributed by atoms with Gasteiger partial charge in [-0.1, -0.05) is 6.07 Å². The molecule has 1 amide bonds. The van der Waals surface area contributed by atoms with Crippen molar-refractivity contribution >= 4 is 40.4 Å². The van der Waals surface area contributed by atoms with Crippen LogP contribution in [0, 0.1) is 6.57 Å². The molecule has 10 heteroatoms. The van der Waals surface area contributed by atoms with Crippen LogP contribution in [0.15, 0.2) is 42.5 Å². The molecule has 0 N–H and O–H groups in total. The quantitative estimate of drug-likeness (QED) is 0.218. The molecule has 0 bridgehead atoms. The van der Waals surface area contributed by atoms with Gasteiger partial charge in [0.25, 0.3) is 5.91 Å². The van der Waals surface area contributed by atoms with Crippen LogP contribution in [0.4, 0.5) is 24.5 Å². The monoisotopic (exact) mass is 489 g/mol. The van der Waals surface area contributed by atoms with E-state index in [1.165, 1.54) is 13.0 Å². The van der Waals surface area contributed by atoms with Gasteiger partial charge in [-0.3, -0.25) is 14.5 Å². The molecule has 0 unspecified atom stereocenters. The van der Waals surface area contributed by atoms with E-state index in [-0.39, 0.29) is 16.6 Å². The van der Waals surface area contributed by atoms with E-state index in [4.69, 9.17) is 23.5 Å². The van der Waals surface area contributed by atoms with Crippen molar-refractivity contribution in [3.05, 3.63) is 65.0 Å². The molecule has 0 aliphatic carbocycles. The first-order chi connectivity index (χ1) is 15.9. The molecule has 2 aromatic carbocycles. The summed E-state index contributed by atoms with van der Waals surface area (Å²) >= 11 is 5.47. The van der Waals surface area contributed by atoms with Gasteiger partial charge in [-0.2, -0.15) is 13.2 Å². The second kappa shape index (κ2) is 9.43. The third kappa shape index (κ3) is 4.89. The predicted molar refractivity (Wildman–Crippen MR) is 125 cm³/mol. The van der Waals surface area contributed by atoms with E-state index >= 15 is 0 Å². The normalized spacial score (nSPS) is 15.4. The summed E-state index contributed by atoms with van der Waals surface area (Å²) in [4.78, 5) is 30.1. The number of anilines is 1. The highest BCUT2D eigenvalue weighted by molar-refractivity contribution is 7.80. The second-order valence-electron chi connectivity index (χ2n) is 8.23. The third-order valence-electron chi connectivity index (χ3n) is 5.54. The maximum absolute atomic E-state index is 13.4. The SMILES string of the molecule is [C-]#[N+]c1ccc(N2C(=O)C(C)(C)N(CCCOc3ccc(C(C)=O)cc3)C2=S)cc1C(F)(F)F. The maximum Gasteiger partial charge on any atom is 0.407 e. The molecule has 1 aliphatic rings. The van der Waals surface area contributed by atoms with Gasteiger partial charge >= 0.3 is 6.18 Å². The van der Waals surface area contributed by atoms with Crippen LogP contribution in [0.2, 0.25) is 0 Å². The molecule has 1 saturated heterocycles. The zero-order valence-electron chi connectivity index (χ0n) is 18.8. The summed E-state index contributed by atoms with van der Waals surface area (Å²) in [6, 6.07) is 9.84. The Morgan fingerprint density at radius 2 is 1.82 bits per heavy atom. The lowest BCUT2D eigenvalue weighted by Gasteiger charge is -2.29. The largest absolute Gasteiger partial charge is 0.494 e. The number of hydrogen-bond acceptors (Lipinski definition) is 4. The van der Waals surface area contributed by atoms with E-state index in [1.54, 1.807) is 43.0 Å². The summed E-state index contributed by atoms with van der Waals surface area (Å²) in [5.41, 5.74) is -2.19. The minimum atomic E-state index is -4.74. The Morgan fingerprint density at radius 1 is 1.18 bits per heavy atom. The number of halogens is 3. The van der Waals surface area contributed by atoms with Gasteiger partial charge in [-0.05, 0) is 75.8 Å². The summed E-state index contributed by atoms with van der Waals surface area (Å²) in [6.45, 7) is 12.4. The molecule has 1 fully saturated rings. The van der Waals surface area contributed by atoms with Crippen LogP contribution in [-0.4, -0.2) is 40.4 Å². The van der Waals surface area contributed by atoms with E-state index in [2.05, 4.69) is 4.85 Å². The molecule has 3 rings (SSSR count). The standard InChI is InChI=1S/C24H22F3N3O3S/c1-15(31)16-6-9-18(10-7-16)33-13-5-12-29-22(34)30(21(32)23(29,2)3)17-8-11-20(28-4)19(14-17)24(25,26)27/h6-11,14H,5,12-13H2,1-3H3. The van der Waals surface area contributed by atoms with Crippen molar-refractivity contribution in [1.29, 1.82) is 0 Å². The minimum absolute atomic E-state index is 0.0351. The van der Waals surface area contributed by atoms with Crippen molar-refractivity contribution in [3.8, 4) is 5.75 Å². The fraction of sp³-hybridized carbons (Fsp3) is 0.333. The van der Waals surface area contributed by atoms with Gasteiger partial charge in [0, 0.05) is 17.8 Å². The van der Waals surface area contributed by atoms with Crippen molar-refractivity contribution in [3.63, 3.8) is 0 Å². The number of carbonyl (C=O) groups is 2. The number of alkyl halides is 3. The molecule has 0 aromatic heterocycles. The van der Waals surface area contributed by atoms with Crippen molar-refractivity contribution in [2.24, 2.45) is 0 Å². The smallest absolute Gasteiger partial charge is 0.407 e. The molecule has 6 nitrogen and oxygen atoms in total. The molecule has 1 aliphatic heterocycles. The summed E-state index contributed by atoms with van der Waals surface area (Å²) in [5.74, 6) is 0.0871. The molecule has 178 valence electrons. The molecule has 34 heavy (non-hydrogen) atoms. The summed E-state index contributed by atoms with van der Waals surface area (Å²) < 4.78 is 45.9. The van der Waals surface area contributed by atoms with Crippen LogP contribution < -0.4 is 9.64 Å². The molecule has 0 radical (unpaired) electrons. The lowest BCUT2D eigenvalue weighted by Crippen LogP contribution is -2.44. The summed E-state index contributed by atoms with van der Waals surface area (Å²) in [7, 11) is 0. The number of amides is 1. The Hall–Kier alpha value is -3.45. The Morgan fingerprint density at radius 3 is 2.38 bits per heavy atom. The lowest BCUT2D eigenvalue weighted by molar-refractivity contribution is -0.136. The van der Waals surface area contributed by atoms with Crippen molar-refractivity contribution in [1.82, 2.24) is 4.90 Å². The number of thiocarbonyl (C=S) groups is 1. The Labute approximate surface area is 200 Å². The fourth-order valence-corrected chi connectivity index (χ4v) is 4.13. The van der Waals surface area contributed by atoms with Gasteiger partial charge in [0.05, 0.1) is 18.7 Å². The van der Waals surface area contributed by atoms with Crippen molar-refractivity contribution in [2.75, 3.05) is 18.1 Å². The van der Waals surface area contributed by atoms with Crippen LogP contribution in [0.1, 0.15) is 43.1 Å². The van der Waals surface area contributed by atoms with Gasteiger partial charge in [-0.15, -0.1) is 0 Å². The predicted octanol–water partition coefficient (Wildman–Crippen LogP) is 5.64. The summed E-state index contributed by atoms with van der Waals surface area (Å²) in [6.07, 6.45) is -4.25. The Bertz CT molecular complexity index is 1170. The average molecular weight is 490 g/mol. The van der Waals surface area contributed by atoms with Crippen LogP contribution in [0.3, 0.4) is 0 Å². The highest BCUT2D eigenvalue weighted by atomic mass is 32.1. The van der Waals surface area contributed by atoms with E-state index in [9.17, 15) is 22.8 Å². The van der Waals surface area contributed by atoms with Crippen LogP contribution in [0.25, 0.3) is 4.85 Å². The Balaban J connectivity index is 1.72. The number of nitrogens with zero attached hydrogens (tertiary/aromatic N) is 3. The van der Waals surface area contributed by atoms with Gasteiger partial charge in [-0.25, -0.2) is 4.85 Å². The highest BCUT2D eigenvalue weighted by Crippen LogP contribution is 2.40. The third-order valence-corrected chi connectivity index (χ3v) is 5.95. The zero-order chi connectivity index (χ0) is 25.3. The molecular weight excluding hydrogens is 467 g/mol. The Kier molecular flexibility index (Phi) is 6.98. The topological polar surface area (TPSA) is 54.2 Å².